The van der Waals surface area contributed by atoms with Gasteiger partial charge in [-0.15, -0.1) is 0 Å². The van der Waals surface area contributed by atoms with E-state index in [1.54, 1.807) is 0 Å². The zero-order valence-electron chi connectivity index (χ0n) is 11.9. The Morgan fingerprint density at radius 1 is 1.06 bits per heavy atom. The van der Waals surface area contributed by atoms with Crippen LogP contribution < -0.4 is 5.32 Å². The molecule has 1 aromatic carbocycles. The lowest BCUT2D eigenvalue weighted by atomic mass is 10.0. The second kappa shape index (κ2) is 8.28. The Bertz CT molecular complexity index is 310. The molecule has 102 valence electrons. The van der Waals surface area contributed by atoms with Gasteiger partial charge in [-0.25, -0.2) is 0 Å². The van der Waals surface area contributed by atoms with Crippen molar-refractivity contribution < 1.29 is 5.11 Å². The van der Waals surface area contributed by atoms with Gasteiger partial charge in [0.25, 0.3) is 0 Å². The van der Waals surface area contributed by atoms with Gasteiger partial charge in [-0.2, -0.15) is 0 Å². The molecule has 0 spiro atoms. The van der Waals surface area contributed by atoms with E-state index in [9.17, 15) is 5.11 Å². The van der Waals surface area contributed by atoms with Crippen molar-refractivity contribution in [3.63, 3.8) is 0 Å². The van der Waals surface area contributed by atoms with Crippen molar-refractivity contribution in [1.29, 1.82) is 0 Å². The minimum atomic E-state index is -0.404. The molecule has 2 N–H and O–H groups in total. The number of aliphatic hydroxyl groups excluding tert-OH is 1. The predicted molar refractivity (Wildman–Crippen MR) is 77.6 cm³/mol. The Balaban J connectivity index is 2.20. The van der Waals surface area contributed by atoms with Crippen molar-refractivity contribution in [1.82, 2.24) is 5.32 Å². The molecule has 0 aliphatic heterocycles. The Morgan fingerprint density at radius 3 is 2.33 bits per heavy atom. The molecule has 0 heterocycles. The number of nitrogens with one attached hydrogen (secondary N) is 1. The first-order valence-electron chi connectivity index (χ1n) is 7.06. The number of rotatable bonds is 8. The maximum Gasteiger partial charge on any atom is 0.0914 e. The quantitative estimate of drug-likeness (QED) is 0.739. The smallest absolute Gasteiger partial charge is 0.0914 e. The van der Waals surface area contributed by atoms with Crippen molar-refractivity contribution >= 4 is 0 Å². The van der Waals surface area contributed by atoms with Crippen molar-refractivity contribution in [2.24, 2.45) is 5.92 Å². The predicted octanol–water partition coefficient (Wildman–Crippen LogP) is 3.52. The highest BCUT2D eigenvalue weighted by Gasteiger charge is 2.08. The van der Waals surface area contributed by atoms with E-state index < -0.39 is 6.10 Å². The first-order chi connectivity index (χ1) is 8.59. The molecule has 0 bridgehead atoms. The van der Waals surface area contributed by atoms with Crippen LogP contribution in [0.3, 0.4) is 0 Å². The molecule has 0 aliphatic carbocycles. The molecule has 0 saturated carbocycles. The molecule has 0 fully saturated rings. The van der Waals surface area contributed by atoms with Gasteiger partial charge in [0.15, 0.2) is 0 Å². The Labute approximate surface area is 111 Å². The van der Waals surface area contributed by atoms with Crippen LogP contribution in [-0.2, 0) is 0 Å². The van der Waals surface area contributed by atoms with Crippen LogP contribution in [0.1, 0.15) is 51.7 Å². The normalized spacial score (nSPS) is 14.7. The highest BCUT2D eigenvalue weighted by atomic mass is 16.3. The summed E-state index contributed by atoms with van der Waals surface area (Å²) in [5, 5.41) is 13.4. The monoisotopic (exact) mass is 249 g/mol. The van der Waals surface area contributed by atoms with Gasteiger partial charge < -0.3 is 10.4 Å². The van der Waals surface area contributed by atoms with Crippen LogP contribution in [0.15, 0.2) is 30.3 Å². The summed E-state index contributed by atoms with van der Waals surface area (Å²) in [5.74, 6) is 0.784. The third-order valence-electron chi connectivity index (χ3n) is 3.26. The van der Waals surface area contributed by atoms with Crippen LogP contribution in [-0.4, -0.2) is 17.7 Å². The van der Waals surface area contributed by atoms with Crippen LogP contribution in [0.4, 0.5) is 0 Å². The summed E-state index contributed by atoms with van der Waals surface area (Å²) in [5.41, 5.74) is 0.986. The summed E-state index contributed by atoms with van der Waals surface area (Å²) in [6.45, 7) is 7.35. The summed E-state index contributed by atoms with van der Waals surface area (Å²) in [6, 6.07) is 10.3. The van der Waals surface area contributed by atoms with E-state index in [1.807, 2.05) is 30.3 Å². The zero-order chi connectivity index (χ0) is 13.4. The summed E-state index contributed by atoms with van der Waals surface area (Å²) >= 11 is 0. The fraction of sp³-hybridized carbons (Fsp3) is 0.625. The minimum absolute atomic E-state index is 0.404. The molecule has 2 heteroatoms. The van der Waals surface area contributed by atoms with Gasteiger partial charge in [0, 0.05) is 12.6 Å². The molecule has 0 amide bonds. The molecule has 0 aromatic heterocycles. The molecule has 0 unspecified atom stereocenters. The minimum Gasteiger partial charge on any atom is -0.387 e. The molecule has 0 radical (unpaired) electrons. The van der Waals surface area contributed by atoms with E-state index >= 15 is 0 Å². The second-order valence-electron chi connectivity index (χ2n) is 5.56. The van der Waals surface area contributed by atoms with E-state index in [2.05, 4.69) is 26.1 Å². The van der Waals surface area contributed by atoms with Crippen LogP contribution in [0.25, 0.3) is 0 Å². The number of benzene rings is 1. The first kappa shape index (κ1) is 15.2. The fourth-order valence-corrected chi connectivity index (χ4v) is 2.04. The molecule has 0 saturated heterocycles. The molecule has 2 atom stereocenters. The Morgan fingerprint density at radius 2 is 1.72 bits per heavy atom. The number of aliphatic hydroxyl groups is 1. The van der Waals surface area contributed by atoms with E-state index in [0.29, 0.717) is 12.6 Å². The summed E-state index contributed by atoms with van der Waals surface area (Å²) in [7, 11) is 0. The molecular weight excluding hydrogens is 222 g/mol. The van der Waals surface area contributed by atoms with E-state index in [4.69, 9.17) is 0 Å². The van der Waals surface area contributed by atoms with Gasteiger partial charge in [-0.3, -0.25) is 0 Å². The third kappa shape index (κ3) is 6.18. The molecule has 2 nitrogen and oxygen atoms in total. The Hall–Kier alpha value is -0.860. The van der Waals surface area contributed by atoms with Crippen LogP contribution in [0.5, 0.6) is 0 Å². The molecule has 0 aliphatic rings. The van der Waals surface area contributed by atoms with Gasteiger partial charge in [0.1, 0.15) is 0 Å². The average Bonchev–Trinajstić information content (AvgIpc) is 2.36. The lowest BCUT2D eigenvalue weighted by Gasteiger charge is -2.17. The van der Waals surface area contributed by atoms with Gasteiger partial charge in [-0.05, 0) is 24.8 Å². The zero-order valence-corrected chi connectivity index (χ0v) is 11.9. The lowest BCUT2D eigenvalue weighted by molar-refractivity contribution is 0.169. The van der Waals surface area contributed by atoms with Crippen molar-refractivity contribution in [3.8, 4) is 0 Å². The van der Waals surface area contributed by atoms with Crippen LogP contribution in [0, 0.1) is 5.92 Å². The average molecular weight is 249 g/mol. The SMILES string of the molecule is CC(C)CCC[C@H](C)NC[C@H](O)c1ccccc1. The van der Waals surface area contributed by atoms with Crippen LogP contribution >= 0.6 is 0 Å². The van der Waals surface area contributed by atoms with Gasteiger partial charge in [-0.1, -0.05) is 57.0 Å². The van der Waals surface area contributed by atoms with Crippen molar-refractivity contribution in [2.75, 3.05) is 6.54 Å². The summed E-state index contributed by atoms with van der Waals surface area (Å²) in [4.78, 5) is 0. The van der Waals surface area contributed by atoms with Crippen LogP contribution in [0.2, 0.25) is 0 Å². The molecule has 18 heavy (non-hydrogen) atoms. The highest BCUT2D eigenvalue weighted by molar-refractivity contribution is 5.17. The molecule has 1 rings (SSSR count). The molecular formula is C16H27NO. The van der Waals surface area contributed by atoms with Gasteiger partial charge >= 0.3 is 0 Å². The molecule has 1 aromatic rings. The van der Waals surface area contributed by atoms with E-state index in [-0.39, 0.29) is 0 Å². The maximum atomic E-state index is 10.0. The first-order valence-corrected chi connectivity index (χ1v) is 7.06. The van der Waals surface area contributed by atoms with E-state index in [0.717, 1.165) is 11.5 Å². The number of hydrogen-bond acceptors (Lipinski definition) is 2. The van der Waals surface area contributed by atoms with Gasteiger partial charge in [0.2, 0.25) is 0 Å². The maximum absolute atomic E-state index is 10.0. The standard InChI is InChI=1S/C16H27NO/c1-13(2)8-7-9-14(3)17-12-16(18)15-10-5-4-6-11-15/h4-6,10-11,13-14,16-18H,7-9,12H2,1-3H3/t14-,16-/m0/s1. The summed E-state index contributed by atoms with van der Waals surface area (Å²) < 4.78 is 0. The van der Waals surface area contributed by atoms with Gasteiger partial charge in [0.05, 0.1) is 6.10 Å². The Kier molecular flexibility index (Phi) is 6.99. The largest absolute Gasteiger partial charge is 0.387 e. The lowest BCUT2D eigenvalue weighted by Crippen LogP contribution is -2.30. The highest BCUT2D eigenvalue weighted by Crippen LogP contribution is 2.12. The summed E-state index contributed by atoms with van der Waals surface area (Å²) in [6.07, 6.45) is 3.32. The second-order valence-corrected chi connectivity index (χ2v) is 5.56. The third-order valence-corrected chi connectivity index (χ3v) is 3.26. The van der Waals surface area contributed by atoms with E-state index in [1.165, 1.54) is 19.3 Å². The number of hydrogen-bond donors (Lipinski definition) is 2. The van der Waals surface area contributed by atoms with Crippen molar-refractivity contribution in [3.05, 3.63) is 35.9 Å². The topological polar surface area (TPSA) is 32.3 Å². The fourth-order valence-electron chi connectivity index (χ4n) is 2.04. The van der Waals surface area contributed by atoms with Crippen molar-refractivity contribution in [2.45, 2.75) is 52.2 Å².